The predicted molar refractivity (Wildman–Crippen MR) is 208 cm³/mol. The third-order valence-electron chi connectivity index (χ3n) is 7.43. The van der Waals surface area contributed by atoms with Crippen LogP contribution in [0.1, 0.15) is 16.2 Å². The Morgan fingerprint density at radius 3 is 2.47 bits per heavy atom. The number of nitrogens with zero attached hydrogens (tertiary/aromatic N) is 6. The number of hydrogen-bond donors (Lipinski definition) is 3. The molecule has 0 unspecified atom stereocenters. The Labute approximate surface area is 320 Å². The van der Waals surface area contributed by atoms with E-state index in [0.717, 1.165) is 36.5 Å². The van der Waals surface area contributed by atoms with Crippen molar-refractivity contribution < 1.29 is 38.7 Å². The number of furan rings is 1. The molecule has 3 aromatic heterocycles. The SMILES string of the molecule is CN(C)CCN(Cc1cccs1)c1ccccn1.COc1cc(/C=C/C(=O)O)ccc1O.O=C1CN(N=Cc2ccc(-c3ccc([N+](=O)[O-])cc3)o2)C(=O)N1. The molecule has 3 amide bonds. The normalized spacial score (nSPS) is 12.3. The summed E-state index contributed by atoms with van der Waals surface area (Å²) in [6.07, 6.45) is 5.61. The van der Waals surface area contributed by atoms with Crippen LogP contribution in [0.2, 0.25) is 0 Å². The quantitative estimate of drug-likeness (QED) is 0.0418. The van der Waals surface area contributed by atoms with E-state index in [4.69, 9.17) is 14.3 Å². The molecule has 6 rings (SSSR count). The minimum atomic E-state index is -1.02. The van der Waals surface area contributed by atoms with Crippen molar-refractivity contribution >= 4 is 53.0 Å². The van der Waals surface area contributed by atoms with E-state index in [0.29, 0.717) is 28.4 Å². The van der Waals surface area contributed by atoms with E-state index in [1.807, 2.05) is 18.3 Å². The van der Waals surface area contributed by atoms with Gasteiger partial charge < -0.3 is 29.2 Å². The van der Waals surface area contributed by atoms with Gasteiger partial charge in [0.15, 0.2) is 11.5 Å². The Kier molecular flexibility index (Phi) is 15.2. The molecular weight excluding hydrogens is 731 g/mol. The summed E-state index contributed by atoms with van der Waals surface area (Å²) >= 11 is 1.80. The number of phenols is 1. The summed E-state index contributed by atoms with van der Waals surface area (Å²) in [7, 11) is 5.63. The molecule has 5 aromatic rings. The van der Waals surface area contributed by atoms with E-state index in [1.165, 1.54) is 42.5 Å². The van der Waals surface area contributed by atoms with Crippen LogP contribution >= 0.6 is 11.3 Å². The molecule has 4 heterocycles. The zero-order valence-electron chi connectivity index (χ0n) is 30.1. The summed E-state index contributed by atoms with van der Waals surface area (Å²) in [6.45, 7) is 2.82. The van der Waals surface area contributed by atoms with Gasteiger partial charge in [0.25, 0.3) is 5.69 Å². The Morgan fingerprint density at radius 2 is 1.87 bits per heavy atom. The number of carboxylic acid groups (broad SMARTS) is 1. The number of hydrazone groups is 1. The monoisotopic (exact) mass is 769 g/mol. The van der Waals surface area contributed by atoms with Crippen molar-refractivity contribution in [2.75, 3.05) is 45.7 Å². The van der Waals surface area contributed by atoms with Crippen LogP contribution in [0.15, 0.2) is 112 Å². The van der Waals surface area contributed by atoms with Crippen LogP contribution in [0.25, 0.3) is 17.4 Å². The summed E-state index contributed by atoms with van der Waals surface area (Å²) in [5.41, 5.74) is 1.32. The molecule has 0 radical (unpaired) electrons. The van der Waals surface area contributed by atoms with Gasteiger partial charge in [-0.3, -0.25) is 20.2 Å². The highest BCUT2D eigenvalue weighted by molar-refractivity contribution is 7.09. The maximum atomic E-state index is 11.3. The number of aromatic hydroxyl groups is 1. The molecule has 16 nitrogen and oxygen atoms in total. The minimum Gasteiger partial charge on any atom is -0.504 e. The van der Waals surface area contributed by atoms with Crippen molar-refractivity contribution in [1.29, 1.82) is 0 Å². The molecule has 17 heteroatoms. The number of aliphatic carboxylic acids is 1. The Morgan fingerprint density at radius 1 is 1.09 bits per heavy atom. The fraction of sp³-hybridized carbons (Fsp3) is 0.184. The van der Waals surface area contributed by atoms with Crippen LogP contribution < -0.4 is 15.0 Å². The summed E-state index contributed by atoms with van der Waals surface area (Å²) in [6, 6.07) is 23.6. The van der Waals surface area contributed by atoms with Gasteiger partial charge in [0.1, 0.15) is 23.9 Å². The second-order valence-corrected chi connectivity index (χ2v) is 12.8. The zero-order chi connectivity index (χ0) is 39.7. The largest absolute Gasteiger partial charge is 0.504 e. The number of hydrogen-bond acceptors (Lipinski definition) is 13. The van der Waals surface area contributed by atoms with Crippen LogP contribution in [0.5, 0.6) is 11.5 Å². The van der Waals surface area contributed by atoms with Crippen molar-refractivity contribution in [2.45, 2.75) is 6.54 Å². The Bertz CT molecular complexity index is 2080. The number of anilines is 1. The van der Waals surface area contributed by atoms with E-state index >= 15 is 0 Å². The van der Waals surface area contributed by atoms with E-state index in [1.54, 1.807) is 47.7 Å². The van der Waals surface area contributed by atoms with Gasteiger partial charge >= 0.3 is 12.0 Å². The molecule has 0 saturated carbocycles. The van der Waals surface area contributed by atoms with Crippen molar-refractivity contribution in [3.05, 3.63) is 129 Å². The summed E-state index contributed by atoms with van der Waals surface area (Å²) < 4.78 is 10.4. The van der Waals surface area contributed by atoms with E-state index in [2.05, 4.69) is 62.9 Å². The van der Waals surface area contributed by atoms with Gasteiger partial charge in [0, 0.05) is 47.9 Å². The highest BCUT2D eigenvalue weighted by atomic mass is 32.1. The number of rotatable bonds is 13. The lowest BCUT2D eigenvalue weighted by molar-refractivity contribution is -0.384. The number of phenolic OH excluding ortho intramolecular Hbond substituents is 1. The predicted octanol–water partition coefficient (Wildman–Crippen LogP) is 5.95. The van der Waals surface area contributed by atoms with E-state index in [-0.39, 0.29) is 18.0 Å². The van der Waals surface area contributed by atoms with Crippen molar-refractivity contribution in [2.24, 2.45) is 5.10 Å². The third kappa shape index (κ3) is 13.3. The minimum absolute atomic E-state index is 0.00759. The number of nitro benzene ring substituents is 1. The first-order valence-electron chi connectivity index (χ1n) is 16.5. The molecular formula is C38H39N7O9S. The number of benzene rings is 2. The molecule has 1 aliphatic rings. The fourth-order valence-corrected chi connectivity index (χ4v) is 5.39. The lowest BCUT2D eigenvalue weighted by Crippen LogP contribution is -2.31. The molecule has 286 valence electrons. The second-order valence-electron chi connectivity index (χ2n) is 11.8. The first kappa shape index (κ1) is 40.9. The number of methoxy groups -OCH3 is 1. The smallest absolute Gasteiger partial charge is 0.344 e. The lowest BCUT2D eigenvalue weighted by atomic mass is 10.1. The molecule has 1 aliphatic heterocycles. The zero-order valence-corrected chi connectivity index (χ0v) is 31.0. The average Bonchev–Trinajstić information content (AvgIpc) is 3.95. The van der Waals surface area contributed by atoms with Gasteiger partial charge in [-0.1, -0.05) is 18.2 Å². The fourth-order valence-electron chi connectivity index (χ4n) is 4.67. The second kappa shape index (κ2) is 20.4. The number of ether oxygens (including phenoxy) is 1. The Hall–Kier alpha value is -6.85. The standard InChI is InChI=1S/C14H10N4O5.C14H19N3S.C10H10O4/c19-13-8-17(14(20)16-13)15-7-11-5-6-12(23-11)9-1-3-10(4-2-9)18(21)22;1-16(2)9-10-17(12-13-6-5-11-18-13)14-7-3-4-8-15-14;1-14-9-6-7(2-4-8(9)11)3-5-10(12)13/h1-7H,8H2,(H,16,19,20);3-8,11H,9-10,12H2,1-2H3;2-6,11H,1H3,(H,12,13)/b;;5-3+. The van der Waals surface area contributed by atoms with Crippen LogP contribution in [0.4, 0.5) is 16.3 Å². The molecule has 0 spiro atoms. The number of imide groups is 1. The maximum absolute atomic E-state index is 11.3. The van der Waals surface area contributed by atoms with Crippen LogP contribution in [0.3, 0.4) is 0 Å². The molecule has 0 atom stereocenters. The number of nitro groups is 1. The Balaban J connectivity index is 0.000000190. The molecule has 1 fully saturated rings. The third-order valence-corrected chi connectivity index (χ3v) is 8.29. The molecule has 3 N–H and O–H groups in total. The van der Waals surface area contributed by atoms with Gasteiger partial charge in [0.2, 0.25) is 5.91 Å². The number of aromatic nitrogens is 1. The number of carboxylic acids is 1. The number of amides is 3. The molecule has 2 aromatic carbocycles. The van der Waals surface area contributed by atoms with Crippen molar-refractivity contribution in [1.82, 2.24) is 20.2 Å². The van der Waals surface area contributed by atoms with E-state index < -0.39 is 22.8 Å². The first-order valence-corrected chi connectivity index (χ1v) is 17.4. The van der Waals surface area contributed by atoms with Gasteiger partial charge in [-0.2, -0.15) is 5.10 Å². The first-order chi connectivity index (χ1) is 26.4. The molecule has 55 heavy (non-hydrogen) atoms. The highest BCUT2D eigenvalue weighted by Crippen LogP contribution is 2.27. The maximum Gasteiger partial charge on any atom is 0.344 e. The number of thiophene rings is 1. The average molecular weight is 770 g/mol. The molecule has 0 bridgehead atoms. The number of nitrogens with one attached hydrogen (secondary N) is 1. The van der Waals surface area contributed by atoms with Crippen LogP contribution in [-0.2, 0) is 16.1 Å². The lowest BCUT2D eigenvalue weighted by Gasteiger charge is -2.24. The highest BCUT2D eigenvalue weighted by Gasteiger charge is 2.26. The number of pyridine rings is 1. The molecule has 1 saturated heterocycles. The molecule has 0 aliphatic carbocycles. The summed E-state index contributed by atoms with van der Waals surface area (Å²) in [5, 5.41) is 37.3. The van der Waals surface area contributed by atoms with Crippen molar-refractivity contribution in [3.8, 4) is 22.8 Å². The van der Waals surface area contributed by atoms with Gasteiger partial charge in [0.05, 0.1) is 24.8 Å². The van der Waals surface area contributed by atoms with Gasteiger partial charge in [-0.05, 0) is 85.7 Å². The van der Waals surface area contributed by atoms with Gasteiger partial charge in [-0.15, -0.1) is 11.3 Å². The number of likely N-dealkylation sites (N-methyl/N-ethyl adjacent to an activating group) is 1. The summed E-state index contributed by atoms with van der Waals surface area (Å²) in [4.78, 5) is 53.0. The van der Waals surface area contributed by atoms with E-state index in [9.17, 15) is 29.6 Å². The van der Waals surface area contributed by atoms with Gasteiger partial charge in [-0.25, -0.2) is 19.6 Å². The summed E-state index contributed by atoms with van der Waals surface area (Å²) in [5.74, 6) is 0.842. The van der Waals surface area contributed by atoms with Crippen LogP contribution in [0, 0.1) is 10.1 Å². The topological polar surface area (TPSA) is 204 Å². The van der Waals surface area contributed by atoms with Crippen molar-refractivity contribution in [3.63, 3.8) is 0 Å². The number of carbonyl (C=O) groups is 3. The number of non-ortho nitro benzene ring substituents is 1. The number of urea groups is 1. The number of carbonyl (C=O) groups excluding carboxylic acids is 2. The van der Waals surface area contributed by atoms with Crippen LogP contribution in [-0.4, -0.2) is 95.0 Å².